The first-order valence-corrected chi connectivity index (χ1v) is 11.5. The van der Waals surface area contributed by atoms with Crippen molar-refractivity contribution in [1.82, 2.24) is 20.4 Å². The number of unbranched alkanes of at least 4 members (excludes halogenated alkanes) is 1. The van der Waals surface area contributed by atoms with E-state index in [-0.39, 0.29) is 13.2 Å². The van der Waals surface area contributed by atoms with E-state index < -0.39 is 30.2 Å². The lowest BCUT2D eigenvalue weighted by molar-refractivity contribution is -0.127. The molecular formula is C23H35N5O4. The standard InChI is InChI=1S/C23H35N5O4/c1-4-6-10-16(5-2)13-24-22-25-20-19(21(30)26-23(31)27(20)3)28(22)14-17(29)15-32-18-11-8-7-9-12-18/h7-9,11-12,16-17,19-20,29H,4-6,10,13-15H2,1-3H3,(H,24,25)(H,26,30,31). The summed E-state index contributed by atoms with van der Waals surface area (Å²) < 4.78 is 5.67. The van der Waals surface area contributed by atoms with Gasteiger partial charge in [-0.3, -0.25) is 15.1 Å². The summed E-state index contributed by atoms with van der Waals surface area (Å²) in [5, 5.41) is 16.3. The van der Waals surface area contributed by atoms with Crippen molar-refractivity contribution in [2.45, 2.75) is 57.8 Å². The second-order valence-electron chi connectivity index (χ2n) is 8.45. The second kappa shape index (κ2) is 11.2. The molecule has 0 saturated carbocycles. The van der Waals surface area contributed by atoms with Crippen LogP contribution in [0.5, 0.6) is 5.75 Å². The van der Waals surface area contributed by atoms with Gasteiger partial charge in [0.05, 0.1) is 6.54 Å². The van der Waals surface area contributed by atoms with Crippen LogP contribution in [0, 0.1) is 5.92 Å². The minimum absolute atomic E-state index is 0.0790. The number of para-hydroxylation sites is 1. The number of fused-ring (bicyclic) bond motifs is 1. The molecule has 3 rings (SSSR count). The lowest BCUT2D eigenvalue weighted by Gasteiger charge is -2.35. The Bertz CT molecular complexity index is 803. The van der Waals surface area contributed by atoms with E-state index in [1.165, 1.54) is 4.90 Å². The maximum Gasteiger partial charge on any atom is 0.325 e. The van der Waals surface area contributed by atoms with Crippen molar-refractivity contribution in [2.75, 3.05) is 26.7 Å². The molecule has 9 heteroatoms. The van der Waals surface area contributed by atoms with Crippen LogP contribution < -0.4 is 15.4 Å². The summed E-state index contributed by atoms with van der Waals surface area (Å²) in [5.41, 5.74) is 0. The van der Waals surface area contributed by atoms with E-state index in [1.807, 2.05) is 30.3 Å². The number of likely N-dealkylation sites (N-methyl/N-ethyl adjacent to an activating group) is 1. The molecule has 1 aromatic rings. The maximum atomic E-state index is 12.7. The molecular weight excluding hydrogens is 410 g/mol. The first-order valence-electron chi connectivity index (χ1n) is 11.5. The van der Waals surface area contributed by atoms with E-state index >= 15 is 0 Å². The van der Waals surface area contributed by atoms with Crippen LogP contribution in [-0.2, 0) is 4.79 Å². The SMILES string of the molecule is CCCCC(CC)CN=C1NC2C(C(=O)NC(=O)N2C)N1CC(O)COc1ccccc1. The van der Waals surface area contributed by atoms with Gasteiger partial charge in [-0.15, -0.1) is 0 Å². The van der Waals surface area contributed by atoms with Gasteiger partial charge >= 0.3 is 6.03 Å². The third kappa shape index (κ3) is 5.70. The van der Waals surface area contributed by atoms with Gasteiger partial charge in [0, 0.05) is 13.6 Å². The Balaban J connectivity index is 1.73. The maximum absolute atomic E-state index is 12.7. The molecule has 0 aliphatic carbocycles. The molecule has 1 aromatic carbocycles. The Hall–Kier alpha value is -2.81. The van der Waals surface area contributed by atoms with E-state index in [4.69, 9.17) is 9.73 Å². The smallest absolute Gasteiger partial charge is 0.325 e. The number of nitrogens with one attached hydrogen (secondary N) is 2. The lowest BCUT2D eigenvalue weighted by Crippen LogP contribution is -2.65. The number of carbonyl (C=O) groups is 2. The zero-order chi connectivity index (χ0) is 23.1. The van der Waals surface area contributed by atoms with Crippen molar-refractivity contribution >= 4 is 17.9 Å². The van der Waals surface area contributed by atoms with Crippen LogP contribution in [0.25, 0.3) is 0 Å². The van der Waals surface area contributed by atoms with Crippen LogP contribution in [0.1, 0.15) is 39.5 Å². The fraction of sp³-hybridized carbons (Fsp3) is 0.609. The minimum Gasteiger partial charge on any atom is -0.491 e. The number of ether oxygens (including phenoxy) is 1. The Labute approximate surface area is 189 Å². The zero-order valence-corrected chi connectivity index (χ0v) is 19.2. The highest BCUT2D eigenvalue weighted by atomic mass is 16.5. The number of carbonyl (C=O) groups excluding carboxylic acids is 2. The van der Waals surface area contributed by atoms with E-state index in [9.17, 15) is 14.7 Å². The van der Waals surface area contributed by atoms with Crippen LogP contribution in [0.3, 0.4) is 0 Å². The fourth-order valence-electron chi connectivity index (χ4n) is 4.04. The number of urea groups is 1. The molecule has 0 spiro atoms. The number of amides is 3. The number of aliphatic hydroxyl groups is 1. The van der Waals surface area contributed by atoms with Crippen molar-refractivity contribution in [3.05, 3.63) is 30.3 Å². The van der Waals surface area contributed by atoms with Crippen LogP contribution >= 0.6 is 0 Å². The molecule has 4 atom stereocenters. The van der Waals surface area contributed by atoms with Crippen LogP contribution in [0.2, 0.25) is 0 Å². The number of aliphatic imine (C=N–C) groups is 1. The van der Waals surface area contributed by atoms with Gasteiger partial charge in [-0.2, -0.15) is 0 Å². The van der Waals surface area contributed by atoms with Crippen LogP contribution in [0.15, 0.2) is 35.3 Å². The number of aliphatic hydroxyl groups excluding tert-OH is 1. The first-order chi connectivity index (χ1) is 15.4. The Morgan fingerprint density at radius 2 is 1.97 bits per heavy atom. The molecule has 2 aliphatic heterocycles. The molecule has 2 fully saturated rings. The molecule has 0 aromatic heterocycles. The molecule has 4 unspecified atom stereocenters. The number of β-amino-alcohol motifs (C(OH)–C–C–N with tert-alkyl or cyclic N) is 1. The van der Waals surface area contributed by atoms with Gasteiger partial charge < -0.3 is 25.0 Å². The number of hydrogen-bond donors (Lipinski definition) is 3. The molecule has 32 heavy (non-hydrogen) atoms. The lowest BCUT2D eigenvalue weighted by atomic mass is 10.00. The molecule has 0 bridgehead atoms. The third-order valence-corrected chi connectivity index (χ3v) is 6.06. The van der Waals surface area contributed by atoms with Gasteiger partial charge in [0.2, 0.25) is 0 Å². The van der Waals surface area contributed by atoms with Crippen molar-refractivity contribution in [1.29, 1.82) is 0 Å². The summed E-state index contributed by atoms with van der Waals surface area (Å²) in [6.07, 6.45) is 3.04. The largest absolute Gasteiger partial charge is 0.491 e. The van der Waals surface area contributed by atoms with Gasteiger partial charge in [-0.25, -0.2) is 4.79 Å². The summed E-state index contributed by atoms with van der Waals surface area (Å²) >= 11 is 0. The predicted octanol–water partition coefficient (Wildman–Crippen LogP) is 1.78. The highest BCUT2D eigenvalue weighted by molar-refractivity contribution is 6.04. The predicted molar refractivity (Wildman–Crippen MR) is 122 cm³/mol. The van der Waals surface area contributed by atoms with Crippen molar-refractivity contribution in [3.63, 3.8) is 0 Å². The average molecular weight is 446 g/mol. The summed E-state index contributed by atoms with van der Waals surface area (Å²) in [4.78, 5) is 32.8. The van der Waals surface area contributed by atoms with Crippen molar-refractivity contribution in [2.24, 2.45) is 10.9 Å². The molecule has 2 saturated heterocycles. The third-order valence-electron chi connectivity index (χ3n) is 6.06. The topological polar surface area (TPSA) is 106 Å². The van der Waals surface area contributed by atoms with E-state index in [2.05, 4.69) is 24.5 Å². The van der Waals surface area contributed by atoms with Gasteiger partial charge in [-0.1, -0.05) is 51.3 Å². The molecule has 176 valence electrons. The van der Waals surface area contributed by atoms with Crippen molar-refractivity contribution < 1.29 is 19.4 Å². The van der Waals surface area contributed by atoms with Gasteiger partial charge in [-0.05, 0) is 24.5 Å². The number of imide groups is 1. The van der Waals surface area contributed by atoms with Crippen molar-refractivity contribution in [3.8, 4) is 5.75 Å². The minimum atomic E-state index is -0.848. The number of benzene rings is 1. The molecule has 3 N–H and O–H groups in total. The molecule has 9 nitrogen and oxygen atoms in total. The molecule has 2 aliphatic rings. The summed E-state index contributed by atoms with van der Waals surface area (Å²) in [7, 11) is 1.64. The quantitative estimate of drug-likeness (QED) is 0.479. The molecule has 3 amide bonds. The summed E-state index contributed by atoms with van der Waals surface area (Å²) in [5.74, 6) is 1.25. The Morgan fingerprint density at radius 3 is 2.66 bits per heavy atom. The Kier molecular flexibility index (Phi) is 8.33. The number of guanidine groups is 1. The fourth-order valence-corrected chi connectivity index (χ4v) is 4.04. The zero-order valence-electron chi connectivity index (χ0n) is 19.2. The van der Waals surface area contributed by atoms with Crippen LogP contribution in [0.4, 0.5) is 4.79 Å². The average Bonchev–Trinajstić information content (AvgIpc) is 3.15. The van der Waals surface area contributed by atoms with E-state index in [1.54, 1.807) is 11.9 Å². The van der Waals surface area contributed by atoms with Gasteiger partial charge in [0.15, 0.2) is 12.0 Å². The second-order valence-corrected chi connectivity index (χ2v) is 8.45. The van der Waals surface area contributed by atoms with Gasteiger partial charge in [0.1, 0.15) is 24.6 Å². The highest BCUT2D eigenvalue weighted by Gasteiger charge is 2.50. The summed E-state index contributed by atoms with van der Waals surface area (Å²) in [6, 6.07) is 8.15. The number of hydrogen-bond acceptors (Lipinski definition) is 5. The van der Waals surface area contributed by atoms with E-state index in [0.29, 0.717) is 24.2 Å². The summed E-state index contributed by atoms with van der Waals surface area (Å²) in [6.45, 7) is 5.19. The van der Waals surface area contributed by atoms with Crippen LogP contribution in [-0.4, -0.2) is 77.9 Å². The molecule has 0 radical (unpaired) electrons. The Morgan fingerprint density at radius 1 is 1.22 bits per heavy atom. The first kappa shape index (κ1) is 23.8. The number of rotatable bonds is 11. The monoisotopic (exact) mass is 445 g/mol. The van der Waals surface area contributed by atoms with E-state index in [0.717, 1.165) is 25.7 Å². The normalized spacial score (nSPS) is 23.6. The van der Waals surface area contributed by atoms with Gasteiger partial charge in [0.25, 0.3) is 5.91 Å². The molecule has 2 heterocycles. The highest BCUT2D eigenvalue weighted by Crippen LogP contribution is 2.22. The number of nitrogens with zero attached hydrogens (tertiary/aromatic N) is 3.